The van der Waals surface area contributed by atoms with Crippen LogP contribution in [0.15, 0.2) is 23.1 Å². The third kappa shape index (κ3) is 2.70. The highest BCUT2D eigenvalue weighted by molar-refractivity contribution is 7.89. The van der Waals surface area contributed by atoms with Gasteiger partial charge in [-0.05, 0) is 18.6 Å². The highest BCUT2D eigenvalue weighted by Crippen LogP contribution is 2.25. The quantitative estimate of drug-likeness (QED) is 0.749. The van der Waals surface area contributed by atoms with Crippen molar-refractivity contribution in [1.82, 2.24) is 9.62 Å². The number of amides is 1. The predicted octanol–water partition coefficient (Wildman–Crippen LogP) is -0.214. The molecular weight excluding hydrogens is 282 g/mol. The second-order valence-electron chi connectivity index (χ2n) is 4.63. The van der Waals surface area contributed by atoms with Crippen LogP contribution in [-0.4, -0.2) is 46.0 Å². The number of likely N-dealkylation sites (tertiary alicyclic amines) is 1. The summed E-state index contributed by atoms with van der Waals surface area (Å²) in [7, 11) is -0.733. The molecule has 1 atom stereocenters. The van der Waals surface area contributed by atoms with Crippen molar-refractivity contribution in [3.05, 3.63) is 18.2 Å². The first kappa shape index (κ1) is 14.6. The van der Waals surface area contributed by atoms with Crippen molar-refractivity contribution in [2.24, 2.45) is 0 Å². The minimum atomic E-state index is -3.78. The Kier molecular flexibility index (Phi) is 3.87. The van der Waals surface area contributed by atoms with Gasteiger partial charge in [-0.2, -0.15) is 4.72 Å². The molecular formula is C12H17N3O4S. The number of carbonyl (C=O) groups is 1. The summed E-state index contributed by atoms with van der Waals surface area (Å²) in [6, 6.07) is 3.45. The molecule has 8 heteroatoms. The second-order valence-corrected chi connectivity index (χ2v) is 6.34. The first-order chi connectivity index (χ1) is 9.35. The van der Waals surface area contributed by atoms with Crippen LogP contribution >= 0.6 is 0 Å². The molecule has 0 spiro atoms. The Morgan fingerprint density at radius 2 is 2.15 bits per heavy atom. The highest BCUT2D eigenvalue weighted by Gasteiger charge is 2.33. The molecule has 1 heterocycles. The van der Waals surface area contributed by atoms with Gasteiger partial charge in [-0.3, -0.25) is 4.79 Å². The van der Waals surface area contributed by atoms with Crippen LogP contribution in [0.3, 0.4) is 0 Å². The molecule has 0 saturated carbocycles. The van der Waals surface area contributed by atoms with Gasteiger partial charge in [0.2, 0.25) is 15.9 Å². The lowest BCUT2D eigenvalue weighted by molar-refractivity contribution is -0.127. The molecule has 1 aromatic rings. The van der Waals surface area contributed by atoms with E-state index < -0.39 is 16.1 Å². The van der Waals surface area contributed by atoms with Crippen molar-refractivity contribution in [2.75, 3.05) is 26.4 Å². The summed E-state index contributed by atoms with van der Waals surface area (Å²) in [5.41, 5.74) is 6.00. The second kappa shape index (κ2) is 5.29. The molecule has 110 valence electrons. The lowest BCUT2D eigenvalue weighted by Crippen LogP contribution is -2.40. The molecule has 1 aromatic carbocycles. The summed E-state index contributed by atoms with van der Waals surface area (Å²) in [4.78, 5) is 13.3. The van der Waals surface area contributed by atoms with Gasteiger partial charge in [0.1, 0.15) is 11.8 Å². The maximum absolute atomic E-state index is 12.2. The zero-order valence-corrected chi connectivity index (χ0v) is 12.1. The van der Waals surface area contributed by atoms with Crippen LogP contribution in [0.25, 0.3) is 0 Å². The smallest absolute Gasteiger partial charge is 0.241 e. The van der Waals surface area contributed by atoms with E-state index in [-0.39, 0.29) is 16.6 Å². The van der Waals surface area contributed by atoms with E-state index >= 15 is 0 Å². The molecule has 0 radical (unpaired) electrons. The zero-order chi connectivity index (χ0) is 14.9. The largest absolute Gasteiger partial charge is 0.495 e. The van der Waals surface area contributed by atoms with Gasteiger partial charge in [-0.25, -0.2) is 8.42 Å². The van der Waals surface area contributed by atoms with Crippen molar-refractivity contribution in [1.29, 1.82) is 0 Å². The summed E-state index contributed by atoms with van der Waals surface area (Å²) in [6.07, 6.45) is 0.459. The summed E-state index contributed by atoms with van der Waals surface area (Å²) in [5.74, 6) is 0.0544. The van der Waals surface area contributed by atoms with E-state index in [2.05, 4.69) is 4.72 Å². The van der Waals surface area contributed by atoms with Gasteiger partial charge in [0.15, 0.2) is 0 Å². The minimum Gasteiger partial charge on any atom is -0.495 e. The Bertz CT molecular complexity index is 630. The zero-order valence-electron chi connectivity index (χ0n) is 11.3. The maximum atomic E-state index is 12.2. The van der Waals surface area contributed by atoms with Crippen LogP contribution in [-0.2, 0) is 14.8 Å². The number of nitrogens with zero attached hydrogens (tertiary/aromatic N) is 1. The van der Waals surface area contributed by atoms with Crippen molar-refractivity contribution in [3.8, 4) is 5.75 Å². The fourth-order valence-corrected chi connectivity index (χ4v) is 3.28. The number of nitrogens with one attached hydrogen (secondary N) is 1. The monoisotopic (exact) mass is 299 g/mol. The number of rotatable bonds is 4. The van der Waals surface area contributed by atoms with Gasteiger partial charge < -0.3 is 15.4 Å². The van der Waals surface area contributed by atoms with E-state index in [4.69, 9.17) is 10.5 Å². The number of benzene rings is 1. The number of likely N-dealkylation sites (N-methyl/N-ethyl adjacent to an activating group) is 1. The first-order valence-corrected chi connectivity index (χ1v) is 7.54. The van der Waals surface area contributed by atoms with Crippen LogP contribution in [0, 0.1) is 0 Å². The number of nitrogens with two attached hydrogens (primary N) is 1. The van der Waals surface area contributed by atoms with Gasteiger partial charge in [0.25, 0.3) is 0 Å². The number of sulfonamides is 1. The molecule has 3 N–H and O–H groups in total. The number of anilines is 1. The van der Waals surface area contributed by atoms with E-state index in [0.717, 1.165) is 0 Å². The fraction of sp³-hybridized carbons (Fsp3) is 0.417. The topological polar surface area (TPSA) is 102 Å². The number of hydrogen-bond acceptors (Lipinski definition) is 5. The fourth-order valence-electron chi connectivity index (χ4n) is 2.05. The minimum absolute atomic E-state index is 0.0194. The van der Waals surface area contributed by atoms with Gasteiger partial charge in [0, 0.05) is 19.7 Å². The Morgan fingerprint density at radius 3 is 2.70 bits per heavy atom. The maximum Gasteiger partial charge on any atom is 0.241 e. The van der Waals surface area contributed by atoms with E-state index in [9.17, 15) is 13.2 Å². The molecule has 0 bridgehead atoms. The molecule has 0 aromatic heterocycles. The van der Waals surface area contributed by atoms with Crippen LogP contribution < -0.4 is 15.2 Å². The van der Waals surface area contributed by atoms with Gasteiger partial charge in [-0.1, -0.05) is 0 Å². The molecule has 0 aliphatic carbocycles. The van der Waals surface area contributed by atoms with E-state index in [1.807, 2.05) is 0 Å². The Balaban J connectivity index is 2.25. The standard InChI is InChI=1S/C12H17N3O4S/c1-15-6-5-10(12(15)16)14-20(17,18)8-3-4-9(13)11(7-8)19-2/h3-4,7,10,14H,5-6,13H2,1-2H3. The lowest BCUT2D eigenvalue weighted by Gasteiger charge is -2.13. The SMILES string of the molecule is COc1cc(S(=O)(=O)NC2CCN(C)C2=O)ccc1N. The summed E-state index contributed by atoms with van der Waals surface area (Å²) >= 11 is 0. The Labute approximate surface area is 117 Å². The van der Waals surface area contributed by atoms with E-state index in [1.165, 1.54) is 30.2 Å². The van der Waals surface area contributed by atoms with E-state index in [0.29, 0.717) is 18.7 Å². The lowest BCUT2D eigenvalue weighted by atomic mass is 10.3. The number of hydrogen-bond donors (Lipinski definition) is 2. The van der Waals surface area contributed by atoms with Crippen molar-refractivity contribution in [2.45, 2.75) is 17.4 Å². The Morgan fingerprint density at radius 1 is 1.45 bits per heavy atom. The normalized spacial score (nSPS) is 19.4. The van der Waals surface area contributed by atoms with Gasteiger partial charge in [-0.15, -0.1) is 0 Å². The molecule has 1 fully saturated rings. The predicted molar refractivity (Wildman–Crippen MR) is 73.8 cm³/mol. The average molecular weight is 299 g/mol. The number of methoxy groups -OCH3 is 1. The molecule has 7 nitrogen and oxygen atoms in total. The molecule has 20 heavy (non-hydrogen) atoms. The number of carbonyl (C=O) groups excluding carboxylic acids is 1. The molecule has 1 aliphatic rings. The molecule has 1 saturated heterocycles. The van der Waals surface area contributed by atoms with Crippen molar-refractivity contribution < 1.29 is 17.9 Å². The van der Waals surface area contributed by atoms with Gasteiger partial charge >= 0.3 is 0 Å². The number of nitrogen functional groups attached to an aromatic ring is 1. The van der Waals surface area contributed by atoms with Crippen LogP contribution in [0.5, 0.6) is 5.75 Å². The third-order valence-corrected chi connectivity index (χ3v) is 4.71. The van der Waals surface area contributed by atoms with Gasteiger partial charge in [0.05, 0.1) is 17.7 Å². The molecule has 1 aliphatic heterocycles. The van der Waals surface area contributed by atoms with Crippen LogP contribution in [0.4, 0.5) is 5.69 Å². The van der Waals surface area contributed by atoms with Crippen molar-refractivity contribution in [3.63, 3.8) is 0 Å². The summed E-state index contributed by atoms with van der Waals surface area (Å²) in [6.45, 7) is 0.539. The Hall–Kier alpha value is -1.80. The van der Waals surface area contributed by atoms with Crippen molar-refractivity contribution >= 4 is 21.6 Å². The van der Waals surface area contributed by atoms with Crippen LogP contribution in [0.1, 0.15) is 6.42 Å². The molecule has 2 rings (SSSR count). The molecule has 1 amide bonds. The van der Waals surface area contributed by atoms with E-state index in [1.54, 1.807) is 7.05 Å². The van der Waals surface area contributed by atoms with Crippen LogP contribution in [0.2, 0.25) is 0 Å². The average Bonchev–Trinajstić information content (AvgIpc) is 2.70. The summed E-state index contributed by atoms with van der Waals surface area (Å²) < 4.78 is 31.9. The number of ether oxygens (including phenoxy) is 1. The summed E-state index contributed by atoms with van der Waals surface area (Å²) in [5, 5.41) is 0. The third-order valence-electron chi connectivity index (χ3n) is 3.24. The first-order valence-electron chi connectivity index (χ1n) is 6.06. The molecule has 1 unspecified atom stereocenters. The highest BCUT2D eigenvalue weighted by atomic mass is 32.2.